The van der Waals surface area contributed by atoms with Crippen molar-refractivity contribution in [3.63, 3.8) is 0 Å². The summed E-state index contributed by atoms with van der Waals surface area (Å²) < 4.78 is 27.4. The summed E-state index contributed by atoms with van der Waals surface area (Å²) in [6.45, 7) is 1.95. The predicted octanol–water partition coefficient (Wildman–Crippen LogP) is 3.08. The average molecular weight is 301 g/mol. The van der Waals surface area contributed by atoms with Crippen molar-refractivity contribution < 1.29 is 8.60 Å². The summed E-state index contributed by atoms with van der Waals surface area (Å²) >= 11 is 6.19. The Labute approximate surface area is 118 Å². The second-order valence-electron chi connectivity index (χ2n) is 4.10. The monoisotopic (exact) mass is 300 g/mol. The van der Waals surface area contributed by atoms with Crippen LogP contribution in [-0.4, -0.2) is 14.0 Å². The van der Waals surface area contributed by atoms with Gasteiger partial charge in [0.2, 0.25) is 0 Å². The summed E-state index contributed by atoms with van der Waals surface area (Å²) in [6, 6.07) is 6.06. The molecular formula is C13H14ClFN2OS. The van der Waals surface area contributed by atoms with Gasteiger partial charge in [0.1, 0.15) is 5.82 Å². The summed E-state index contributed by atoms with van der Waals surface area (Å²) in [5, 5.41) is 4.78. The van der Waals surface area contributed by atoms with Gasteiger partial charge in [-0.1, -0.05) is 30.7 Å². The third-order valence-electron chi connectivity index (χ3n) is 2.85. The smallest absolute Gasteiger partial charge is 0.139 e. The van der Waals surface area contributed by atoms with E-state index in [0.717, 1.165) is 5.69 Å². The first-order chi connectivity index (χ1) is 9.04. The van der Waals surface area contributed by atoms with E-state index in [-0.39, 0.29) is 10.6 Å². The second-order valence-corrected chi connectivity index (χ2v) is 5.90. The van der Waals surface area contributed by atoms with E-state index in [1.807, 2.05) is 6.92 Å². The number of aromatic nitrogens is 2. The fraction of sp³-hybridized carbons (Fsp3) is 0.308. The van der Waals surface area contributed by atoms with Gasteiger partial charge in [-0.2, -0.15) is 5.10 Å². The van der Waals surface area contributed by atoms with Crippen LogP contribution in [0.15, 0.2) is 29.2 Å². The third-order valence-corrected chi connectivity index (χ3v) is 4.65. The molecule has 1 aromatic heterocycles. The molecule has 0 aliphatic rings. The Bertz CT molecular complexity index is 627. The van der Waals surface area contributed by atoms with Crippen LogP contribution in [0.4, 0.5) is 4.39 Å². The van der Waals surface area contributed by atoms with Crippen LogP contribution in [0.2, 0.25) is 5.02 Å². The zero-order chi connectivity index (χ0) is 14.0. The molecule has 0 bridgehead atoms. The molecule has 3 nitrogen and oxygen atoms in total. The average Bonchev–Trinajstić information content (AvgIpc) is 2.66. The van der Waals surface area contributed by atoms with Crippen molar-refractivity contribution in [1.82, 2.24) is 9.78 Å². The van der Waals surface area contributed by atoms with Crippen molar-refractivity contribution in [1.29, 1.82) is 0 Å². The molecule has 1 heterocycles. The molecule has 0 aliphatic heterocycles. The molecule has 6 heteroatoms. The van der Waals surface area contributed by atoms with E-state index >= 15 is 0 Å². The number of halogens is 2. The second kappa shape index (κ2) is 5.84. The molecule has 0 saturated heterocycles. The minimum atomic E-state index is -1.48. The number of rotatable bonds is 4. The molecule has 2 rings (SSSR count). The molecule has 0 amide bonds. The molecule has 1 atom stereocenters. The number of hydrogen-bond donors (Lipinski definition) is 0. The van der Waals surface area contributed by atoms with Gasteiger partial charge in [-0.15, -0.1) is 0 Å². The molecule has 0 aliphatic carbocycles. The fourth-order valence-electron chi connectivity index (χ4n) is 1.81. The molecule has 19 heavy (non-hydrogen) atoms. The largest absolute Gasteiger partial charge is 0.270 e. The summed E-state index contributed by atoms with van der Waals surface area (Å²) in [5.74, 6) is -0.307. The van der Waals surface area contributed by atoms with Crippen molar-refractivity contribution in [2.24, 2.45) is 7.05 Å². The van der Waals surface area contributed by atoms with E-state index in [4.69, 9.17) is 11.6 Å². The first-order valence-electron chi connectivity index (χ1n) is 5.87. The first kappa shape index (κ1) is 14.2. The number of benzene rings is 1. The molecule has 1 unspecified atom stereocenters. The first-order valence-corrected chi connectivity index (χ1v) is 7.57. The zero-order valence-corrected chi connectivity index (χ0v) is 12.3. The molecular weight excluding hydrogens is 287 g/mol. The third kappa shape index (κ3) is 2.87. The minimum absolute atomic E-state index is 0.156. The Morgan fingerprint density at radius 2 is 2.11 bits per heavy atom. The van der Waals surface area contributed by atoms with E-state index in [2.05, 4.69) is 5.10 Å². The van der Waals surface area contributed by atoms with Gasteiger partial charge in [0.15, 0.2) is 0 Å². The van der Waals surface area contributed by atoms with Crippen LogP contribution in [0.3, 0.4) is 0 Å². The van der Waals surface area contributed by atoms with E-state index < -0.39 is 16.6 Å². The normalized spacial score (nSPS) is 12.6. The van der Waals surface area contributed by atoms with Crippen molar-refractivity contribution in [3.05, 3.63) is 46.5 Å². The van der Waals surface area contributed by atoms with Gasteiger partial charge in [0, 0.05) is 7.05 Å². The summed E-state index contributed by atoms with van der Waals surface area (Å²) in [7, 11) is 0.273. The van der Waals surface area contributed by atoms with Crippen molar-refractivity contribution in [2.45, 2.75) is 24.0 Å². The van der Waals surface area contributed by atoms with Gasteiger partial charge < -0.3 is 0 Å². The van der Waals surface area contributed by atoms with Crippen LogP contribution in [0, 0.1) is 5.82 Å². The Hall–Kier alpha value is -1.20. The van der Waals surface area contributed by atoms with E-state index in [0.29, 0.717) is 17.1 Å². The van der Waals surface area contributed by atoms with Crippen LogP contribution in [0.5, 0.6) is 0 Å². The van der Waals surface area contributed by atoms with Crippen molar-refractivity contribution in [2.75, 3.05) is 0 Å². The van der Waals surface area contributed by atoms with Gasteiger partial charge in [-0.25, -0.2) is 4.39 Å². The summed E-state index contributed by atoms with van der Waals surface area (Å²) in [4.78, 5) is 0.192. The lowest BCUT2D eigenvalue weighted by Gasteiger charge is -2.04. The maximum atomic E-state index is 13.6. The van der Waals surface area contributed by atoms with Crippen LogP contribution in [-0.2, 0) is 30.0 Å². The lowest BCUT2D eigenvalue weighted by atomic mass is 10.3. The molecule has 0 N–H and O–H groups in total. The van der Waals surface area contributed by atoms with Gasteiger partial charge in [0.05, 0.1) is 37.9 Å². The topological polar surface area (TPSA) is 34.9 Å². The van der Waals surface area contributed by atoms with Gasteiger partial charge >= 0.3 is 0 Å². The highest BCUT2D eigenvalue weighted by molar-refractivity contribution is 7.84. The lowest BCUT2D eigenvalue weighted by Crippen LogP contribution is -2.05. The zero-order valence-electron chi connectivity index (χ0n) is 10.7. The highest BCUT2D eigenvalue weighted by Crippen LogP contribution is 2.24. The van der Waals surface area contributed by atoms with Gasteiger partial charge in [-0.05, 0) is 18.6 Å². The van der Waals surface area contributed by atoms with Crippen molar-refractivity contribution >= 4 is 22.4 Å². The molecule has 0 saturated carbocycles. The lowest BCUT2D eigenvalue weighted by molar-refractivity contribution is 0.594. The highest BCUT2D eigenvalue weighted by Gasteiger charge is 2.17. The standard InChI is InChI=1S/C13H14ClFN2OS/c1-3-10-13(14)11(17(2)16-10)8-19(18)12-7-5-4-6-9(12)15/h4-7H,3,8H2,1-2H3. The van der Waals surface area contributed by atoms with Crippen LogP contribution < -0.4 is 0 Å². The molecule has 102 valence electrons. The molecule has 0 fully saturated rings. The van der Waals surface area contributed by atoms with Crippen LogP contribution in [0.1, 0.15) is 18.3 Å². The summed E-state index contributed by atoms with van der Waals surface area (Å²) in [6.07, 6.45) is 0.707. The number of nitrogens with zero attached hydrogens (tertiary/aromatic N) is 2. The Morgan fingerprint density at radius 1 is 1.42 bits per heavy atom. The van der Waals surface area contributed by atoms with Gasteiger partial charge in [0.25, 0.3) is 0 Å². The van der Waals surface area contributed by atoms with E-state index in [9.17, 15) is 8.60 Å². The van der Waals surface area contributed by atoms with Crippen LogP contribution >= 0.6 is 11.6 Å². The fourth-order valence-corrected chi connectivity index (χ4v) is 3.50. The molecule has 1 aromatic carbocycles. The Kier molecular flexibility index (Phi) is 4.37. The molecule has 0 spiro atoms. The SMILES string of the molecule is CCc1nn(C)c(CS(=O)c2ccccc2F)c1Cl. The maximum Gasteiger partial charge on any atom is 0.139 e. The van der Waals surface area contributed by atoms with Gasteiger partial charge in [-0.3, -0.25) is 8.89 Å². The molecule has 0 radical (unpaired) electrons. The predicted molar refractivity (Wildman–Crippen MR) is 74.1 cm³/mol. The maximum absolute atomic E-state index is 13.6. The Morgan fingerprint density at radius 3 is 2.68 bits per heavy atom. The highest BCUT2D eigenvalue weighted by atomic mass is 35.5. The number of hydrogen-bond acceptors (Lipinski definition) is 2. The molecule has 2 aromatic rings. The minimum Gasteiger partial charge on any atom is -0.270 e. The van der Waals surface area contributed by atoms with E-state index in [1.165, 1.54) is 12.1 Å². The Balaban J connectivity index is 2.30. The van der Waals surface area contributed by atoms with Crippen molar-refractivity contribution in [3.8, 4) is 0 Å². The quantitative estimate of drug-likeness (QED) is 0.870. The summed E-state index contributed by atoms with van der Waals surface area (Å²) in [5.41, 5.74) is 1.44. The number of aryl methyl sites for hydroxylation is 2. The van der Waals surface area contributed by atoms with Crippen LogP contribution in [0.25, 0.3) is 0 Å². The van der Waals surface area contributed by atoms with E-state index in [1.54, 1.807) is 23.9 Å².